The lowest BCUT2D eigenvalue weighted by Gasteiger charge is -2.33. The molecule has 1 aromatic carbocycles. The van der Waals surface area contributed by atoms with Crippen molar-refractivity contribution in [3.63, 3.8) is 0 Å². The molecular weight excluding hydrogens is 395 g/mol. The molecule has 1 aromatic rings. The summed E-state index contributed by atoms with van der Waals surface area (Å²) in [6, 6.07) is 4.25. The Kier molecular flexibility index (Phi) is 6.78. The number of benzene rings is 1. The second-order valence-corrected chi connectivity index (χ2v) is 6.06. The molecule has 158 valence electrons. The molecule has 10 heteroatoms. The Bertz CT molecular complexity index is 829. The Morgan fingerprint density at radius 2 is 1.62 bits per heavy atom. The number of rotatable bonds is 4. The van der Waals surface area contributed by atoms with Crippen molar-refractivity contribution in [2.24, 2.45) is 0 Å². The van der Waals surface area contributed by atoms with E-state index in [1.807, 2.05) is 0 Å². The Balaban J connectivity index is 2.59. The third-order valence-electron chi connectivity index (χ3n) is 4.29. The molecular formula is C19H20F3NO6. The lowest BCUT2D eigenvalue weighted by Crippen LogP contribution is -2.34. The lowest BCUT2D eigenvalue weighted by atomic mass is 9.82. The van der Waals surface area contributed by atoms with E-state index in [0.717, 1.165) is 26.4 Å². The standard InChI is InChI=1S/C19H20F3NO6/c1-10-9-13(23-2)16(29-18(25)27-4)14(15(10)28-17(24)26-3)11-5-7-12(8-6-11)19(20,21)22/h5-9,14-15,23H,1-4H3. The van der Waals surface area contributed by atoms with E-state index in [2.05, 4.69) is 14.8 Å². The summed E-state index contributed by atoms with van der Waals surface area (Å²) in [5, 5.41) is 2.86. The first kappa shape index (κ1) is 22.1. The molecule has 0 saturated carbocycles. The summed E-state index contributed by atoms with van der Waals surface area (Å²) < 4.78 is 58.4. The minimum atomic E-state index is -4.51. The number of hydrogen-bond donors (Lipinski definition) is 1. The van der Waals surface area contributed by atoms with Crippen molar-refractivity contribution in [1.82, 2.24) is 5.32 Å². The predicted octanol–water partition coefficient (Wildman–Crippen LogP) is 4.11. The van der Waals surface area contributed by atoms with Gasteiger partial charge in [-0.15, -0.1) is 0 Å². The second-order valence-electron chi connectivity index (χ2n) is 6.06. The van der Waals surface area contributed by atoms with Gasteiger partial charge in [-0.3, -0.25) is 0 Å². The maximum absolute atomic E-state index is 12.9. The fourth-order valence-corrected chi connectivity index (χ4v) is 2.91. The van der Waals surface area contributed by atoms with Gasteiger partial charge in [0.05, 0.1) is 31.4 Å². The van der Waals surface area contributed by atoms with Crippen molar-refractivity contribution in [3.05, 3.63) is 58.5 Å². The van der Waals surface area contributed by atoms with Gasteiger partial charge in [0.25, 0.3) is 0 Å². The minimum absolute atomic E-state index is 0.0265. The van der Waals surface area contributed by atoms with E-state index in [1.54, 1.807) is 20.0 Å². The number of nitrogens with one attached hydrogen (secondary N) is 1. The topological polar surface area (TPSA) is 83.1 Å². The zero-order valence-electron chi connectivity index (χ0n) is 16.1. The maximum atomic E-state index is 12.9. The van der Waals surface area contributed by atoms with Gasteiger partial charge in [0, 0.05) is 7.05 Å². The third-order valence-corrected chi connectivity index (χ3v) is 4.29. The SMILES string of the molecule is CNC1=C(OC(=O)OC)C(c2ccc(C(F)(F)F)cc2)C(OC(=O)OC)C(C)=C1. The van der Waals surface area contributed by atoms with E-state index in [-0.39, 0.29) is 5.76 Å². The molecule has 0 amide bonds. The van der Waals surface area contributed by atoms with E-state index in [0.29, 0.717) is 16.8 Å². The van der Waals surface area contributed by atoms with Gasteiger partial charge in [-0.25, -0.2) is 9.59 Å². The van der Waals surface area contributed by atoms with Crippen molar-refractivity contribution < 1.29 is 41.7 Å². The van der Waals surface area contributed by atoms with Crippen LogP contribution in [0.4, 0.5) is 22.8 Å². The average Bonchev–Trinajstić information content (AvgIpc) is 2.69. The van der Waals surface area contributed by atoms with E-state index in [1.165, 1.54) is 12.1 Å². The van der Waals surface area contributed by atoms with Crippen molar-refractivity contribution in [2.75, 3.05) is 21.3 Å². The average molecular weight is 415 g/mol. The quantitative estimate of drug-likeness (QED) is 0.741. The number of methoxy groups -OCH3 is 2. The molecule has 0 fully saturated rings. The maximum Gasteiger partial charge on any atom is 0.513 e. The molecule has 0 aliphatic heterocycles. The molecule has 0 radical (unpaired) electrons. The number of alkyl halides is 3. The molecule has 7 nitrogen and oxygen atoms in total. The van der Waals surface area contributed by atoms with Gasteiger partial charge in [0.1, 0.15) is 11.9 Å². The Morgan fingerprint density at radius 1 is 1.03 bits per heavy atom. The third kappa shape index (κ3) is 5.01. The molecule has 0 spiro atoms. The van der Waals surface area contributed by atoms with Crippen LogP contribution in [-0.4, -0.2) is 39.7 Å². The van der Waals surface area contributed by atoms with Crippen molar-refractivity contribution >= 4 is 12.3 Å². The van der Waals surface area contributed by atoms with Crippen LogP contribution in [0.2, 0.25) is 0 Å². The molecule has 2 rings (SSSR count). The number of halogens is 3. The summed E-state index contributed by atoms with van der Waals surface area (Å²) >= 11 is 0. The Hall–Kier alpha value is -3.17. The first-order valence-electron chi connectivity index (χ1n) is 8.40. The summed E-state index contributed by atoms with van der Waals surface area (Å²) in [6.07, 6.45) is -5.94. The van der Waals surface area contributed by atoms with Crippen LogP contribution in [0.5, 0.6) is 0 Å². The number of allylic oxidation sites excluding steroid dienone is 1. The van der Waals surface area contributed by atoms with Gasteiger partial charge in [-0.1, -0.05) is 12.1 Å². The predicted molar refractivity (Wildman–Crippen MR) is 94.8 cm³/mol. The molecule has 1 aliphatic carbocycles. The lowest BCUT2D eigenvalue weighted by molar-refractivity contribution is -0.137. The van der Waals surface area contributed by atoms with Crippen LogP contribution >= 0.6 is 0 Å². The van der Waals surface area contributed by atoms with Crippen LogP contribution in [0.1, 0.15) is 24.0 Å². The highest BCUT2D eigenvalue weighted by Crippen LogP contribution is 2.40. The molecule has 2 atom stereocenters. The van der Waals surface area contributed by atoms with Crippen LogP contribution in [0.15, 0.2) is 47.4 Å². The van der Waals surface area contributed by atoms with E-state index in [9.17, 15) is 22.8 Å². The summed E-state index contributed by atoms with van der Waals surface area (Å²) in [5.74, 6) is -0.901. The monoisotopic (exact) mass is 415 g/mol. The smallest absolute Gasteiger partial charge is 0.438 e. The number of ether oxygens (including phenoxy) is 4. The van der Waals surface area contributed by atoms with Crippen LogP contribution < -0.4 is 5.32 Å². The number of carbonyl (C=O) groups is 2. The van der Waals surface area contributed by atoms with Crippen LogP contribution in [-0.2, 0) is 25.1 Å². The molecule has 29 heavy (non-hydrogen) atoms. The van der Waals surface area contributed by atoms with E-state index < -0.39 is 36.1 Å². The molecule has 0 aromatic heterocycles. The van der Waals surface area contributed by atoms with E-state index >= 15 is 0 Å². The number of likely N-dealkylation sites (N-methyl/N-ethyl adjacent to an activating group) is 1. The molecule has 2 unspecified atom stereocenters. The first-order chi connectivity index (χ1) is 13.6. The highest BCUT2D eigenvalue weighted by Gasteiger charge is 2.39. The molecule has 1 aliphatic rings. The number of hydrogen-bond acceptors (Lipinski definition) is 7. The fourth-order valence-electron chi connectivity index (χ4n) is 2.91. The largest absolute Gasteiger partial charge is 0.513 e. The zero-order chi connectivity index (χ0) is 21.8. The summed E-state index contributed by atoms with van der Waals surface area (Å²) in [4.78, 5) is 23.5. The van der Waals surface area contributed by atoms with Crippen molar-refractivity contribution in [3.8, 4) is 0 Å². The summed E-state index contributed by atoms with van der Waals surface area (Å²) in [6.45, 7) is 1.66. The second kappa shape index (κ2) is 8.89. The van der Waals surface area contributed by atoms with Crippen LogP contribution in [0, 0.1) is 0 Å². The highest BCUT2D eigenvalue weighted by molar-refractivity contribution is 5.64. The molecule has 1 N–H and O–H groups in total. The Labute approximate surface area is 165 Å². The first-order valence-corrected chi connectivity index (χ1v) is 8.40. The normalized spacial score (nSPS) is 19.2. The molecule has 0 bridgehead atoms. The van der Waals surface area contributed by atoms with Crippen molar-refractivity contribution in [2.45, 2.75) is 25.1 Å². The zero-order valence-corrected chi connectivity index (χ0v) is 16.1. The van der Waals surface area contributed by atoms with Gasteiger partial charge < -0.3 is 24.3 Å². The Morgan fingerprint density at radius 3 is 2.10 bits per heavy atom. The number of carbonyl (C=O) groups excluding carboxylic acids is 2. The van der Waals surface area contributed by atoms with Crippen molar-refractivity contribution in [1.29, 1.82) is 0 Å². The van der Waals surface area contributed by atoms with Gasteiger partial charge in [0.2, 0.25) is 0 Å². The van der Waals surface area contributed by atoms with Crippen LogP contribution in [0.3, 0.4) is 0 Å². The molecule has 0 saturated heterocycles. The van der Waals surface area contributed by atoms with Gasteiger partial charge >= 0.3 is 18.5 Å². The van der Waals surface area contributed by atoms with E-state index in [4.69, 9.17) is 9.47 Å². The van der Waals surface area contributed by atoms with Gasteiger partial charge in [0.15, 0.2) is 0 Å². The minimum Gasteiger partial charge on any atom is -0.438 e. The van der Waals surface area contributed by atoms with Gasteiger partial charge in [-0.05, 0) is 36.3 Å². The highest BCUT2D eigenvalue weighted by atomic mass is 19.4. The van der Waals surface area contributed by atoms with Gasteiger partial charge in [-0.2, -0.15) is 13.2 Å². The van der Waals surface area contributed by atoms with Crippen LogP contribution in [0.25, 0.3) is 0 Å². The molecule has 0 heterocycles. The fraction of sp³-hybridized carbons (Fsp3) is 0.368. The summed E-state index contributed by atoms with van der Waals surface area (Å²) in [7, 11) is 3.81. The summed E-state index contributed by atoms with van der Waals surface area (Å²) in [5.41, 5.74) is 0.415.